The molecule has 0 spiro atoms. The normalized spacial score (nSPS) is 11.1. The van der Waals surface area contributed by atoms with Gasteiger partial charge >= 0.3 is 0 Å². The second-order valence-corrected chi connectivity index (χ2v) is 1.35. The molecule has 0 aromatic carbocycles. The Kier molecular flexibility index (Phi) is 4.03. The fraction of sp³-hybridized carbons (Fsp3) is 0.800. The van der Waals surface area contributed by atoms with Crippen molar-refractivity contribution >= 4 is 5.96 Å². The molecule has 0 aromatic rings. The first-order chi connectivity index (χ1) is 3.85. The van der Waals surface area contributed by atoms with Gasteiger partial charge in [0.05, 0.1) is 0 Å². The number of rotatable bonds is 1. The Morgan fingerprint density at radius 1 is 1.75 bits per heavy atom. The van der Waals surface area contributed by atoms with Crippen LogP contribution in [-0.4, -0.2) is 26.6 Å². The lowest BCUT2D eigenvalue weighted by molar-refractivity contribution is 0.905. The van der Waals surface area contributed by atoms with E-state index in [1.165, 1.54) is 0 Å². The summed E-state index contributed by atoms with van der Waals surface area (Å²) < 4.78 is 0. The number of hydrogen-bond donors (Lipinski definition) is 2. The zero-order valence-electron chi connectivity index (χ0n) is 5.65. The van der Waals surface area contributed by atoms with E-state index >= 15 is 0 Å². The minimum atomic E-state index is 0. The van der Waals surface area contributed by atoms with E-state index in [9.17, 15) is 0 Å². The molecule has 52 valence electrons. The lowest BCUT2D eigenvalue weighted by Gasteiger charge is -2.03. The summed E-state index contributed by atoms with van der Waals surface area (Å²) in [5.41, 5.74) is 0. The van der Waals surface area contributed by atoms with Crippen LogP contribution in [0.2, 0.25) is 0 Å². The molecular formula is C5H17N3. The lowest BCUT2D eigenvalue weighted by Crippen LogP contribution is -2.34. The average Bonchev–Trinajstić information content (AvgIpc) is 1.83. The van der Waals surface area contributed by atoms with Crippen molar-refractivity contribution in [2.24, 2.45) is 4.99 Å². The van der Waals surface area contributed by atoms with Gasteiger partial charge < -0.3 is 10.6 Å². The summed E-state index contributed by atoms with van der Waals surface area (Å²) in [7, 11) is 3.58. The molecule has 0 bridgehead atoms. The van der Waals surface area contributed by atoms with Gasteiger partial charge in [0.25, 0.3) is 0 Å². The molecule has 0 aromatic heterocycles. The van der Waals surface area contributed by atoms with E-state index in [4.69, 9.17) is 0 Å². The van der Waals surface area contributed by atoms with Crippen LogP contribution in [0.4, 0.5) is 0 Å². The van der Waals surface area contributed by atoms with E-state index < -0.39 is 0 Å². The number of nitrogens with zero attached hydrogens (tertiary/aromatic N) is 1. The maximum absolute atomic E-state index is 3.89. The second-order valence-electron chi connectivity index (χ2n) is 1.35. The van der Waals surface area contributed by atoms with E-state index in [0.29, 0.717) is 0 Å². The highest BCUT2D eigenvalue weighted by atomic mass is 15.1. The maximum Gasteiger partial charge on any atom is 0.190 e. The van der Waals surface area contributed by atoms with Gasteiger partial charge in [0.2, 0.25) is 0 Å². The number of aliphatic imine (C=N–C) groups is 1. The molecule has 0 amide bonds. The average molecular weight is 119 g/mol. The minimum absolute atomic E-state index is 0. The molecule has 0 rings (SSSR count). The van der Waals surface area contributed by atoms with Crippen molar-refractivity contribution in [1.82, 2.24) is 10.6 Å². The van der Waals surface area contributed by atoms with Crippen molar-refractivity contribution in [3.8, 4) is 0 Å². The van der Waals surface area contributed by atoms with Gasteiger partial charge in [-0.1, -0.05) is 0 Å². The third-order valence-corrected chi connectivity index (χ3v) is 0.805. The highest BCUT2D eigenvalue weighted by molar-refractivity contribution is 5.79. The Labute approximate surface area is 53.2 Å². The van der Waals surface area contributed by atoms with Crippen molar-refractivity contribution < 1.29 is 2.85 Å². The smallest absolute Gasteiger partial charge is 0.190 e. The van der Waals surface area contributed by atoms with Crippen molar-refractivity contribution in [3.05, 3.63) is 0 Å². The molecule has 0 heterocycles. The van der Waals surface area contributed by atoms with Gasteiger partial charge in [-0.05, 0) is 6.92 Å². The van der Waals surface area contributed by atoms with E-state index in [1.807, 2.05) is 14.0 Å². The van der Waals surface area contributed by atoms with E-state index in [1.54, 1.807) is 7.05 Å². The van der Waals surface area contributed by atoms with Gasteiger partial charge in [-0.15, -0.1) is 0 Å². The van der Waals surface area contributed by atoms with Gasteiger partial charge in [0, 0.05) is 23.5 Å². The molecule has 0 aliphatic carbocycles. The maximum atomic E-state index is 3.89. The summed E-state index contributed by atoms with van der Waals surface area (Å²) in [6.07, 6.45) is 0. The standard InChI is InChI=1S/C5H13N3.2H2/c1-4-8-5(6-2)7-3;;/h4H2,1-3H3,(H2,6,7,8);2*1H. The summed E-state index contributed by atoms with van der Waals surface area (Å²) in [6, 6.07) is 0. The zero-order valence-corrected chi connectivity index (χ0v) is 5.65. The molecule has 0 saturated heterocycles. The van der Waals surface area contributed by atoms with E-state index in [2.05, 4.69) is 15.6 Å². The van der Waals surface area contributed by atoms with Crippen LogP contribution in [0, 0.1) is 0 Å². The van der Waals surface area contributed by atoms with E-state index in [-0.39, 0.29) is 2.85 Å². The largest absolute Gasteiger partial charge is 0.359 e. The SMILES string of the molecule is CCNC(=NC)NC.[HH].[HH]. The summed E-state index contributed by atoms with van der Waals surface area (Å²) >= 11 is 0. The predicted molar refractivity (Wildman–Crippen MR) is 40.3 cm³/mol. The van der Waals surface area contributed by atoms with Crippen LogP contribution in [0.15, 0.2) is 4.99 Å². The van der Waals surface area contributed by atoms with Crippen LogP contribution in [0.5, 0.6) is 0 Å². The topological polar surface area (TPSA) is 36.4 Å². The van der Waals surface area contributed by atoms with Crippen molar-refractivity contribution in [3.63, 3.8) is 0 Å². The van der Waals surface area contributed by atoms with Crippen LogP contribution < -0.4 is 10.6 Å². The van der Waals surface area contributed by atoms with Crippen LogP contribution in [0.25, 0.3) is 0 Å². The van der Waals surface area contributed by atoms with Gasteiger partial charge in [0.1, 0.15) is 0 Å². The highest BCUT2D eigenvalue weighted by Crippen LogP contribution is 1.60. The Balaban J connectivity index is -0.000000245. The number of guanidine groups is 1. The molecule has 0 aliphatic rings. The minimum Gasteiger partial charge on any atom is -0.359 e. The quantitative estimate of drug-likeness (QED) is 0.384. The third-order valence-electron chi connectivity index (χ3n) is 0.805. The molecule has 8 heavy (non-hydrogen) atoms. The monoisotopic (exact) mass is 119 g/mol. The molecule has 0 fully saturated rings. The van der Waals surface area contributed by atoms with Crippen LogP contribution in [0.3, 0.4) is 0 Å². The fourth-order valence-corrected chi connectivity index (χ4v) is 0.447. The van der Waals surface area contributed by atoms with Gasteiger partial charge in [-0.2, -0.15) is 0 Å². The van der Waals surface area contributed by atoms with Gasteiger partial charge in [-0.3, -0.25) is 4.99 Å². The lowest BCUT2D eigenvalue weighted by atomic mass is 10.7. The predicted octanol–water partition coefficient (Wildman–Crippen LogP) is 0.293. The molecule has 0 saturated carbocycles. The second kappa shape index (κ2) is 4.43. The number of nitrogens with one attached hydrogen (secondary N) is 2. The first kappa shape index (κ1) is 7.27. The van der Waals surface area contributed by atoms with Crippen molar-refractivity contribution in [1.29, 1.82) is 0 Å². The van der Waals surface area contributed by atoms with Crippen LogP contribution in [0.1, 0.15) is 9.78 Å². The van der Waals surface area contributed by atoms with Crippen LogP contribution >= 0.6 is 0 Å². The highest BCUT2D eigenvalue weighted by Gasteiger charge is 1.84. The molecule has 0 unspecified atom stereocenters. The molecule has 3 heteroatoms. The Morgan fingerprint density at radius 2 is 2.38 bits per heavy atom. The summed E-state index contributed by atoms with van der Waals surface area (Å²) in [5.74, 6) is 0.840. The van der Waals surface area contributed by atoms with Gasteiger partial charge in [-0.25, -0.2) is 0 Å². The van der Waals surface area contributed by atoms with Crippen molar-refractivity contribution in [2.45, 2.75) is 6.92 Å². The Bertz CT molecular complexity index is 85.0. The third kappa shape index (κ3) is 2.44. The first-order valence-electron chi connectivity index (χ1n) is 2.73. The summed E-state index contributed by atoms with van der Waals surface area (Å²) in [4.78, 5) is 3.89. The van der Waals surface area contributed by atoms with E-state index in [0.717, 1.165) is 12.5 Å². The fourth-order valence-electron chi connectivity index (χ4n) is 0.447. The molecule has 0 atom stereocenters. The molecule has 3 nitrogen and oxygen atoms in total. The zero-order chi connectivity index (χ0) is 6.41. The summed E-state index contributed by atoms with van der Waals surface area (Å²) in [6.45, 7) is 2.94. The van der Waals surface area contributed by atoms with Gasteiger partial charge in [0.15, 0.2) is 5.96 Å². The van der Waals surface area contributed by atoms with Crippen molar-refractivity contribution in [2.75, 3.05) is 20.6 Å². The first-order valence-corrected chi connectivity index (χ1v) is 2.73. The molecule has 0 radical (unpaired) electrons. The van der Waals surface area contributed by atoms with Crippen LogP contribution in [-0.2, 0) is 0 Å². The Hall–Kier alpha value is -0.730. The Morgan fingerprint density at radius 3 is 2.50 bits per heavy atom. The molecular weight excluding hydrogens is 102 g/mol. The summed E-state index contributed by atoms with van der Waals surface area (Å²) in [5, 5.41) is 5.91. The number of hydrogen-bond acceptors (Lipinski definition) is 1. The molecule has 0 aliphatic heterocycles. The molecule has 2 N–H and O–H groups in total.